The Morgan fingerprint density at radius 2 is 2.24 bits per heavy atom. The molecule has 2 aliphatic heterocycles. The minimum atomic E-state index is -0.231. The molecule has 1 aromatic rings. The first-order valence-corrected chi connectivity index (χ1v) is 7.87. The molecule has 21 heavy (non-hydrogen) atoms. The molecule has 4 rings (SSSR count). The minimum Gasteiger partial charge on any atom is -0.493 e. The van der Waals surface area contributed by atoms with Gasteiger partial charge in [-0.05, 0) is 44.5 Å². The number of rotatable bonds is 1. The van der Waals surface area contributed by atoms with Gasteiger partial charge in [0.05, 0.1) is 13.2 Å². The van der Waals surface area contributed by atoms with Crippen molar-refractivity contribution in [3.63, 3.8) is 0 Å². The number of nitrogens with zero attached hydrogens (tertiary/aromatic N) is 1. The number of ether oxygens (including phenoxy) is 2. The van der Waals surface area contributed by atoms with E-state index in [1.165, 1.54) is 11.1 Å². The van der Waals surface area contributed by atoms with E-state index in [1.807, 2.05) is 6.07 Å². The third-order valence-corrected chi connectivity index (χ3v) is 5.59. The lowest BCUT2D eigenvalue weighted by Gasteiger charge is -2.40. The SMILES string of the molecule is COc1ccc2c3c1O[C@H]1C[C@@H](O)CC[C@]31CCN(C)C2. The predicted molar refractivity (Wildman–Crippen MR) is 79.9 cm³/mol. The molecule has 3 atom stereocenters. The summed E-state index contributed by atoms with van der Waals surface area (Å²) in [6, 6.07) is 4.22. The first-order chi connectivity index (χ1) is 10.1. The Hall–Kier alpha value is -1.26. The van der Waals surface area contributed by atoms with Crippen molar-refractivity contribution in [2.75, 3.05) is 20.7 Å². The summed E-state index contributed by atoms with van der Waals surface area (Å²) in [5.41, 5.74) is 2.80. The van der Waals surface area contributed by atoms with Gasteiger partial charge in [-0.3, -0.25) is 0 Å². The molecule has 114 valence electrons. The number of methoxy groups -OCH3 is 1. The third-order valence-electron chi connectivity index (χ3n) is 5.59. The van der Waals surface area contributed by atoms with Gasteiger partial charge in [-0.15, -0.1) is 0 Å². The van der Waals surface area contributed by atoms with Crippen LogP contribution in [0.25, 0.3) is 0 Å². The van der Waals surface area contributed by atoms with E-state index in [2.05, 4.69) is 18.0 Å². The van der Waals surface area contributed by atoms with Gasteiger partial charge in [0.25, 0.3) is 0 Å². The summed E-state index contributed by atoms with van der Waals surface area (Å²) in [4.78, 5) is 2.39. The van der Waals surface area contributed by atoms with Crippen LogP contribution in [0.15, 0.2) is 12.1 Å². The molecule has 1 fully saturated rings. The van der Waals surface area contributed by atoms with Gasteiger partial charge in [0.2, 0.25) is 0 Å². The molecule has 2 heterocycles. The summed E-state index contributed by atoms with van der Waals surface area (Å²) in [7, 11) is 3.88. The first-order valence-electron chi connectivity index (χ1n) is 7.87. The Morgan fingerprint density at radius 3 is 3.05 bits per heavy atom. The molecule has 0 bridgehead atoms. The molecule has 1 saturated carbocycles. The monoisotopic (exact) mass is 289 g/mol. The van der Waals surface area contributed by atoms with Crippen LogP contribution in [0.2, 0.25) is 0 Å². The fraction of sp³-hybridized carbons (Fsp3) is 0.647. The van der Waals surface area contributed by atoms with Gasteiger partial charge in [0.15, 0.2) is 11.5 Å². The molecule has 0 amide bonds. The molecule has 0 saturated heterocycles. The maximum absolute atomic E-state index is 10.1. The van der Waals surface area contributed by atoms with Crippen LogP contribution in [0.1, 0.15) is 36.8 Å². The Kier molecular flexibility index (Phi) is 2.95. The number of hydrogen-bond donors (Lipinski definition) is 1. The maximum Gasteiger partial charge on any atom is 0.165 e. The van der Waals surface area contributed by atoms with Gasteiger partial charge < -0.3 is 19.5 Å². The summed E-state index contributed by atoms with van der Waals surface area (Å²) >= 11 is 0. The van der Waals surface area contributed by atoms with Crippen molar-refractivity contribution < 1.29 is 14.6 Å². The highest BCUT2D eigenvalue weighted by Gasteiger charge is 2.54. The molecule has 1 N–H and O–H groups in total. The zero-order valence-corrected chi connectivity index (χ0v) is 12.8. The fourth-order valence-corrected chi connectivity index (χ4v) is 4.50. The minimum absolute atomic E-state index is 0.0726. The summed E-state index contributed by atoms with van der Waals surface area (Å²) < 4.78 is 11.8. The van der Waals surface area contributed by atoms with Crippen LogP contribution in [-0.2, 0) is 12.0 Å². The van der Waals surface area contributed by atoms with E-state index in [0.717, 1.165) is 50.3 Å². The van der Waals surface area contributed by atoms with E-state index in [0.29, 0.717) is 0 Å². The van der Waals surface area contributed by atoms with Gasteiger partial charge >= 0.3 is 0 Å². The number of benzene rings is 1. The summed E-state index contributed by atoms with van der Waals surface area (Å²) in [6.07, 6.45) is 3.59. The topological polar surface area (TPSA) is 41.9 Å². The fourth-order valence-electron chi connectivity index (χ4n) is 4.50. The molecule has 1 aliphatic carbocycles. The highest BCUT2D eigenvalue weighted by atomic mass is 16.5. The molecule has 3 aliphatic rings. The quantitative estimate of drug-likeness (QED) is 0.859. The van der Waals surface area contributed by atoms with Crippen molar-refractivity contribution in [3.05, 3.63) is 23.3 Å². The van der Waals surface area contributed by atoms with Crippen molar-refractivity contribution in [1.29, 1.82) is 0 Å². The maximum atomic E-state index is 10.1. The average molecular weight is 289 g/mol. The van der Waals surface area contributed by atoms with Crippen LogP contribution in [-0.4, -0.2) is 42.9 Å². The lowest BCUT2D eigenvalue weighted by atomic mass is 9.65. The predicted octanol–water partition coefficient (Wildman–Crippen LogP) is 2.07. The number of aliphatic hydroxyl groups excluding tert-OH is 1. The van der Waals surface area contributed by atoms with E-state index in [9.17, 15) is 5.11 Å². The van der Waals surface area contributed by atoms with Crippen molar-refractivity contribution >= 4 is 0 Å². The molecule has 0 radical (unpaired) electrons. The molecule has 4 nitrogen and oxygen atoms in total. The van der Waals surface area contributed by atoms with E-state index < -0.39 is 0 Å². The molecule has 0 aromatic heterocycles. The lowest BCUT2D eigenvalue weighted by molar-refractivity contribution is 0.0120. The Morgan fingerprint density at radius 1 is 1.38 bits per heavy atom. The van der Waals surface area contributed by atoms with E-state index in [-0.39, 0.29) is 17.6 Å². The summed E-state index contributed by atoms with van der Waals surface area (Å²) in [5, 5.41) is 10.1. The zero-order valence-electron chi connectivity index (χ0n) is 12.8. The van der Waals surface area contributed by atoms with Crippen LogP contribution in [0.3, 0.4) is 0 Å². The second kappa shape index (κ2) is 4.62. The molecular weight excluding hydrogens is 266 g/mol. The van der Waals surface area contributed by atoms with Crippen molar-refractivity contribution in [2.45, 2.75) is 49.9 Å². The zero-order chi connectivity index (χ0) is 14.6. The molecule has 4 heteroatoms. The second-order valence-electron chi connectivity index (χ2n) is 6.81. The van der Waals surface area contributed by atoms with Crippen LogP contribution in [0.5, 0.6) is 11.5 Å². The third kappa shape index (κ3) is 1.82. The van der Waals surface area contributed by atoms with Crippen LogP contribution in [0, 0.1) is 0 Å². The van der Waals surface area contributed by atoms with Gasteiger partial charge in [-0.2, -0.15) is 0 Å². The highest BCUT2D eigenvalue weighted by molar-refractivity contribution is 5.58. The molecule has 0 unspecified atom stereocenters. The first kappa shape index (κ1) is 13.4. The van der Waals surface area contributed by atoms with Gasteiger partial charge in [0.1, 0.15) is 6.10 Å². The standard InChI is InChI=1S/C17H23NO3/c1-18-8-7-17-6-5-12(19)9-14(17)21-16-13(20-2)4-3-11(10-18)15(16)17/h3-4,12,14,19H,5-10H2,1-2H3/t12-,14-,17+/m0/s1. The van der Waals surface area contributed by atoms with E-state index in [1.54, 1.807) is 7.11 Å². The van der Waals surface area contributed by atoms with Gasteiger partial charge in [-0.25, -0.2) is 0 Å². The van der Waals surface area contributed by atoms with E-state index in [4.69, 9.17) is 9.47 Å². The normalized spacial score (nSPS) is 34.6. The number of hydrogen-bond acceptors (Lipinski definition) is 4. The summed E-state index contributed by atoms with van der Waals surface area (Å²) in [6.45, 7) is 2.04. The van der Waals surface area contributed by atoms with Crippen molar-refractivity contribution in [3.8, 4) is 11.5 Å². The molecule has 1 spiro atoms. The average Bonchev–Trinajstić information content (AvgIpc) is 2.72. The Bertz CT molecular complexity index is 573. The Labute approximate surface area is 125 Å². The largest absolute Gasteiger partial charge is 0.493 e. The molecule has 1 aromatic carbocycles. The van der Waals surface area contributed by atoms with Crippen molar-refractivity contribution in [1.82, 2.24) is 4.90 Å². The van der Waals surface area contributed by atoms with Crippen LogP contribution >= 0.6 is 0 Å². The number of aliphatic hydroxyl groups is 1. The van der Waals surface area contributed by atoms with Crippen LogP contribution < -0.4 is 9.47 Å². The van der Waals surface area contributed by atoms with Crippen molar-refractivity contribution in [2.24, 2.45) is 0 Å². The van der Waals surface area contributed by atoms with Crippen LogP contribution in [0.4, 0.5) is 0 Å². The Balaban J connectivity index is 1.90. The highest BCUT2D eigenvalue weighted by Crippen LogP contribution is 2.57. The second-order valence-corrected chi connectivity index (χ2v) is 6.81. The van der Waals surface area contributed by atoms with Gasteiger partial charge in [0, 0.05) is 23.9 Å². The molecular formula is C17H23NO3. The summed E-state index contributed by atoms with van der Waals surface area (Å²) in [5.74, 6) is 1.77. The van der Waals surface area contributed by atoms with E-state index >= 15 is 0 Å². The lowest BCUT2D eigenvalue weighted by Crippen LogP contribution is -2.45. The van der Waals surface area contributed by atoms with Gasteiger partial charge in [-0.1, -0.05) is 6.07 Å². The smallest absolute Gasteiger partial charge is 0.165 e.